The molecular weight excluding hydrogens is 250 g/mol. The van der Waals surface area contributed by atoms with Gasteiger partial charge in [0.1, 0.15) is 5.75 Å². The van der Waals surface area contributed by atoms with Gasteiger partial charge in [0, 0.05) is 24.8 Å². The Morgan fingerprint density at radius 3 is 2.95 bits per heavy atom. The molecule has 1 heterocycles. The molecule has 0 aromatic heterocycles. The molecule has 1 atom stereocenters. The fourth-order valence-corrected chi connectivity index (χ4v) is 3.08. The topological polar surface area (TPSA) is 41.7 Å². The van der Waals surface area contributed by atoms with E-state index in [1.807, 2.05) is 18.2 Å². The molecule has 0 aliphatic carbocycles. The molecule has 4 heteroatoms. The molecular formula is C16H27N3O. The second-order valence-electron chi connectivity index (χ2n) is 5.69. The lowest BCUT2D eigenvalue weighted by atomic mass is 10.1. The lowest BCUT2D eigenvalue weighted by Gasteiger charge is -2.28. The summed E-state index contributed by atoms with van der Waals surface area (Å²) < 4.78 is 5.28. The summed E-state index contributed by atoms with van der Waals surface area (Å²) in [5.41, 5.74) is 8.05. The number of nitrogens with two attached hydrogens (primary N) is 1. The molecule has 1 saturated heterocycles. The average Bonchev–Trinajstić information content (AvgIpc) is 2.88. The highest BCUT2D eigenvalue weighted by atomic mass is 16.5. The number of ether oxygens (including phenoxy) is 1. The van der Waals surface area contributed by atoms with Crippen molar-refractivity contribution in [3.8, 4) is 5.75 Å². The van der Waals surface area contributed by atoms with Crippen LogP contribution in [0.2, 0.25) is 0 Å². The van der Waals surface area contributed by atoms with Crippen LogP contribution in [0.5, 0.6) is 5.75 Å². The fourth-order valence-electron chi connectivity index (χ4n) is 3.08. The Labute approximate surface area is 122 Å². The first-order valence-electron chi connectivity index (χ1n) is 7.49. The van der Waals surface area contributed by atoms with Crippen LogP contribution < -0.4 is 10.5 Å². The first-order valence-corrected chi connectivity index (χ1v) is 7.49. The molecule has 0 bridgehead atoms. The van der Waals surface area contributed by atoms with Crippen LogP contribution in [0.1, 0.15) is 25.3 Å². The maximum atomic E-state index is 6.06. The summed E-state index contributed by atoms with van der Waals surface area (Å²) >= 11 is 0. The molecule has 112 valence electrons. The van der Waals surface area contributed by atoms with Crippen LogP contribution in [-0.2, 0) is 6.54 Å². The largest absolute Gasteiger partial charge is 0.497 e. The van der Waals surface area contributed by atoms with Crippen molar-refractivity contribution in [2.24, 2.45) is 0 Å². The van der Waals surface area contributed by atoms with Gasteiger partial charge in [-0.1, -0.05) is 6.92 Å². The second kappa shape index (κ2) is 6.95. The van der Waals surface area contributed by atoms with Crippen LogP contribution >= 0.6 is 0 Å². The van der Waals surface area contributed by atoms with E-state index in [0.29, 0.717) is 6.04 Å². The third-order valence-electron chi connectivity index (χ3n) is 4.22. The summed E-state index contributed by atoms with van der Waals surface area (Å²) in [4.78, 5) is 4.94. The summed E-state index contributed by atoms with van der Waals surface area (Å²) in [5.74, 6) is 0.874. The highest BCUT2D eigenvalue weighted by molar-refractivity contribution is 5.50. The molecule has 20 heavy (non-hydrogen) atoms. The van der Waals surface area contributed by atoms with Crippen LogP contribution in [-0.4, -0.2) is 49.6 Å². The predicted octanol–water partition coefficient (Wildman–Crippen LogP) is 2.19. The van der Waals surface area contributed by atoms with Crippen LogP contribution in [0, 0.1) is 0 Å². The van der Waals surface area contributed by atoms with Gasteiger partial charge >= 0.3 is 0 Å². The van der Waals surface area contributed by atoms with Gasteiger partial charge in [0.05, 0.1) is 7.11 Å². The maximum absolute atomic E-state index is 6.06. The third-order valence-corrected chi connectivity index (χ3v) is 4.22. The molecule has 1 aliphatic heterocycles. The van der Waals surface area contributed by atoms with Crippen molar-refractivity contribution in [2.45, 2.75) is 32.4 Å². The van der Waals surface area contributed by atoms with E-state index in [4.69, 9.17) is 10.5 Å². The van der Waals surface area contributed by atoms with E-state index in [9.17, 15) is 0 Å². The van der Waals surface area contributed by atoms with E-state index in [2.05, 4.69) is 23.8 Å². The molecule has 1 fully saturated rings. The standard InChI is InChI=1S/C16H27N3O/c1-4-19-9-5-6-14(19)12-18(2)11-13-10-15(20-3)7-8-16(13)17/h7-8,10,14H,4-6,9,11-12,17H2,1-3H3. The SMILES string of the molecule is CCN1CCCC1CN(C)Cc1cc(OC)ccc1N. The number of benzene rings is 1. The first kappa shape index (κ1) is 15.1. The van der Waals surface area contributed by atoms with Crippen molar-refractivity contribution in [1.82, 2.24) is 9.80 Å². The van der Waals surface area contributed by atoms with E-state index in [-0.39, 0.29) is 0 Å². The van der Waals surface area contributed by atoms with Crippen molar-refractivity contribution in [3.05, 3.63) is 23.8 Å². The number of nitrogen functional groups attached to an aromatic ring is 1. The number of methoxy groups -OCH3 is 1. The Bertz CT molecular complexity index is 436. The lowest BCUT2D eigenvalue weighted by Crippen LogP contribution is -2.38. The molecule has 0 spiro atoms. The monoisotopic (exact) mass is 277 g/mol. The van der Waals surface area contributed by atoms with E-state index in [0.717, 1.165) is 36.6 Å². The second-order valence-corrected chi connectivity index (χ2v) is 5.69. The van der Waals surface area contributed by atoms with Crippen molar-refractivity contribution in [3.63, 3.8) is 0 Å². The summed E-state index contributed by atoms with van der Waals surface area (Å²) in [6.45, 7) is 6.62. The molecule has 4 nitrogen and oxygen atoms in total. The zero-order valence-corrected chi connectivity index (χ0v) is 12.9. The molecule has 0 saturated carbocycles. The van der Waals surface area contributed by atoms with Crippen LogP contribution in [0.4, 0.5) is 5.69 Å². The summed E-state index contributed by atoms with van der Waals surface area (Å²) in [7, 11) is 3.86. The number of hydrogen-bond donors (Lipinski definition) is 1. The number of rotatable bonds is 6. The fraction of sp³-hybridized carbons (Fsp3) is 0.625. The number of likely N-dealkylation sites (N-methyl/N-ethyl adjacent to an activating group) is 2. The number of hydrogen-bond acceptors (Lipinski definition) is 4. The highest BCUT2D eigenvalue weighted by Crippen LogP contribution is 2.22. The van der Waals surface area contributed by atoms with Gasteiger partial charge in [0.15, 0.2) is 0 Å². The molecule has 1 aromatic rings. The lowest BCUT2D eigenvalue weighted by molar-refractivity contribution is 0.195. The minimum absolute atomic E-state index is 0.692. The Hall–Kier alpha value is -1.26. The van der Waals surface area contributed by atoms with Gasteiger partial charge < -0.3 is 15.4 Å². The summed E-state index contributed by atoms with van der Waals surface area (Å²) in [6.07, 6.45) is 2.64. The van der Waals surface area contributed by atoms with E-state index < -0.39 is 0 Å². The number of nitrogens with zero attached hydrogens (tertiary/aromatic N) is 2. The molecule has 1 unspecified atom stereocenters. The Morgan fingerprint density at radius 2 is 2.25 bits per heavy atom. The van der Waals surface area contributed by atoms with Crippen LogP contribution in [0.15, 0.2) is 18.2 Å². The van der Waals surface area contributed by atoms with Gasteiger partial charge in [-0.05, 0) is 56.7 Å². The highest BCUT2D eigenvalue weighted by Gasteiger charge is 2.24. The number of anilines is 1. The molecule has 0 amide bonds. The van der Waals surface area contributed by atoms with E-state index in [1.54, 1.807) is 7.11 Å². The normalized spacial score (nSPS) is 19.7. The van der Waals surface area contributed by atoms with Gasteiger partial charge in [-0.3, -0.25) is 4.90 Å². The number of likely N-dealkylation sites (tertiary alicyclic amines) is 1. The van der Waals surface area contributed by atoms with Crippen LogP contribution in [0.25, 0.3) is 0 Å². The Morgan fingerprint density at radius 1 is 1.45 bits per heavy atom. The Kier molecular flexibility index (Phi) is 5.26. The Balaban J connectivity index is 1.95. The third kappa shape index (κ3) is 3.64. The summed E-state index contributed by atoms with van der Waals surface area (Å²) in [5, 5.41) is 0. The van der Waals surface area contributed by atoms with E-state index in [1.165, 1.54) is 19.4 Å². The zero-order valence-electron chi connectivity index (χ0n) is 12.9. The maximum Gasteiger partial charge on any atom is 0.119 e. The van der Waals surface area contributed by atoms with Gasteiger partial charge in [0.2, 0.25) is 0 Å². The predicted molar refractivity (Wildman–Crippen MR) is 84.0 cm³/mol. The molecule has 2 N–H and O–H groups in total. The molecule has 1 aliphatic rings. The minimum atomic E-state index is 0.692. The van der Waals surface area contributed by atoms with Crippen molar-refractivity contribution >= 4 is 5.69 Å². The van der Waals surface area contributed by atoms with Crippen molar-refractivity contribution in [1.29, 1.82) is 0 Å². The smallest absolute Gasteiger partial charge is 0.119 e. The van der Waals surface area contributed by atoms with Gasteiger partial charge in [-0.2, -0.15) is 0 Å². The van der Waals surface area contributed by atoms with Gasteiger partial charge in [-0.25, -0.2) is 0 Å². The molecule has 2 rings (SSSR count). The molecule has 1 aromatic carbocycles. The van der Waals surface area contributed by atoms with Crippen LogP contribution in [0.3, 0.4) is 0 Å². The van der Waals surface area contributed by atoms with Crippen molar-refractivity contribution < 1.29 is 4.74 Å². The quantitative estimate of drug-likeness (QED) is 0.809. The van der Waals surface area contributed by atoms with Gasteiger partial charge in [-0.15, -0.1) is 0 Å². The zero-order chi connectivity index (χ0) is 14.5. The van der Waals surface area contributed by atoms with Crippen molar-refractivity contribution in [2.75, 3.05) is 39.5 Å². The minimum Gasteiger partial charge on any atom is -0.497 e. The average molecular weight is 277 g/mol. The first-order chi connectivity index (χ1) is 9.63. The van der Waals surface area contributed by atoms with E-state index >= 15 is 0 Å². The van der Waals surface area contributed by atoms with Gasteiger partial charge in [0.25, 0.3) is 0 Å². The molecule has 0 radical (unpaired) electrons. The summed E-state index contributed by atoms with van der Waals surface area (Å²) in [6, 6.07) is 6.57.